The van der Waals surface area contributed by atoms with E-state index in [1.54, 1.807) is 13.2 Å². The molecule has 1 atom stereocenters. The maximum atomic E-state index is 9.01. The molecule has 58 valence electrons. The van der Waals surface area contributed by atoms with E-state index in [1.165, 1.54) is 5.57 Å². The van der Waals surface area contributed by atoms with Crippen LogP contribution in [0, 0.1) is 0 Å². The Kier molecular flexibility index (Phi) is 2.75. The van der Waals surface area contributed by atoms with E-state index in [-0.39, 0.29) is 6.10 Å². The number of aliphatic hydroxyl groups excluding tert-OH is 1. The first-order valence-corrected chi connectivity index (χ1v) is 3.76. The fourth-order valence-corrected chi connectivity index (χ4v) is 1.15. The first kappa shape index (κ1) is 7.61. The molecular weight excluding hydrogens is 128 g/mol. The predicted molar refractivity (Wildman–Crippen MR) is 39.6 cm³/mol. The van der Waals surface area contributed by atoms with Gasteiger partial charge in [0.1, 0.15) is 0 Å². The molecule has 1 N–H and O–H groups in total. The fourth-order valence-electron chi connectivity index (χ4n) is 1.15. The average Bonchev–Trinajstić information content (AvgIpc) is 1.88. The van der Waals surface area contributed by atoms with Crippen molar-refractivity contribution in [2.75, 3.05) is 6.61 Å². The molecule has 0 amide bonds. The third-order valence-electron chi connectivity index (χ3n) is 1.57. The van der Waals surface area contributed by atoms with Gasteiger partial charge < -0.3 is 9.84 Å². The molecule has 10 heavy (non-hydrogen) atoms. The van der Waals surface area contributed by atoms with Gasteiger partial charge in [0.05, 0.1) is 19.0 Å². The molecule has 1 unspecified atom stereocenters. The predicted octanol–water partition coefficient (Wildman–Crippen LogP) is 1.45. The van der Waals surface area contributed by atoms with Gasteiger partial charge in [0, 0.05) is 0 Å². The van der Waals surface area contributed by atoms with Gasteiger partial charge in [0.25, 0.3) is 0 Å². The molecule has 0 aromatic heterocycles. The van der Waals surface area contributed by atoms with Gasteiger partial charge >= 0.3 is 0 Å². The van der Waals surface area contributed by atoms with Crippen molar-refractivity contribution in [3.05, 3.63) is 11.8 Å². The Labute approximate surface area is 61.5 Å². The van der Waals surface area contributed by atoms with E-state index in [0.29, 0.717) is 0 Å². The summed E-state index contributed by atoms with van der Waals surface area (Å²) in [5.74, 6) is 0. The molecule has 0 bridgehead atoms. The van der Waals surface area contributed by atoms with Crippen LogP contribution >= 0.6 is 0 Å². The lowest BCUT2D eigenvalue weighted by molar-refractivity contribution is 0.180. The van der Waals surface area contributed by atoms with E-state index >= 15 is 0 Å². The van der Waals surface area contributed by atoms with Crippen molar-refractivity contribution in [2.24, 2.45) is 0 Å². The molecule has 0 aromatic carbocycles. The molecule has 1 aliphatic rings. The van der Waals surface area contributed by atoms with Crippen LogP contribution in [0.25, 0.3) is 0 Å². The fraction of sp³-hybridized carbons (Fsp3) is 0.750. The van der Waals surface area contributed by atoms with Crippen molar-refractivity contribution in [1.82, 2.24) is 0 Å². The van der Waals surface area contributed by atoms with Crippen LogP contribution < -0.4 is 0 Å². The summed E-state index contributed by atoms with van der Waals surface area (Å²) >= 11 is 0. The minimum atomic E-state index is -0.229. The molecule has 0 saturated carbocycles. The smallest absolute Gasteiger partial charge is 0.0876 e. The number of aliphatic hydroxyl groups is 1. The van der Waals surface area contributed by atoms with Gasteiger partial charge in [-0.3, -0.25) is 0 Å². The summed E-state index contributed by atoms with van der Waals surface area (Å²) in [7, 11) is 0. The molecule has 0 aromatic rings. The number of hydrogen-bond acceptors (Lipinski definition) is 2. The van der Waals surface area contributed by atoms with Crippen LogP contribution in [-0.2, 0) is 4.74 Å². The van der Waals surface area contributed by atoms with Crippen molar-refractivity contribution in [3.63, 3.8) is 0 Å². The number of hydrogen-bond donors (Lipinski definition) is 1. The highest BCUT2D eigenvalue weighted by molar-refractivity contribution is 5.01. The molecule has 1 rings (SSSR count). The standard InChI is InChI=1S/C8H14O2/c1-7(9)5-8-3-2-4-10-6-8/h6-7,9H,2-5H2,1H3. The molecule has 1 heterocycles. The second kappa shape index (κ2) is 3.62. The Morgan fingerprint density at radius 3 is 3.10 bits per heavy atom. The quantitative estimate of drug-likeness (QED) is 0.632. The van der Waals surface area contributed by atoms with Crippen molar-refractivity contribution in [2.45, 2.75) is 32.3 Å². The SMILES string of the molecule is CC(O)CC1=COCCC1. The first-order valence-electron chi connectivity index (χ1n) is 3.76. The van der Waals surface area contributed by atoms with Gasteiger partial charge in [0.15, 0.2) is 0 Å². The summed E-state index contributed by atoms with van der Waals surface area (Å²) in [6, 6.07) is 0. The summed E-state index contributed by atoms with van der Waals surface area (Å²) in [5, 5.41) is 9.01. The van der Waals surface area contributed by atoms with E-state index in [9.17, 15) is 0 Å². The third kappa shape index (κ3) is 2.40. The number of rotatable bonds is 2. The molecule has 2 nitrogen and oxygen atoms in total. The van der Waals surface area contributed by atoms with Gasteiger partial charge in [0.2, 0.25) is 0 Å². The lowest BCUT2D eigenvalue weighted by Crippen LogP contribution is -2.06. The Bertz CT molecular complexity index is 127. The van der Waals surface area contributed by atoms with Crippen LogP contribution in [0.5, 0.6) is 0 Å². The Balaban J connectivity index is 2.31. The zero-order valence-corrected chi connectivity index (χ0v) is 6.34. The topological polar surface area (TPSA) is 29.5 Å². The van der Waals surface area contributed by atoms with E-state index in [0.717, 1.165) is 25.9 Å². The summed E-state index contributed by atoms with van der Waals surface area (Å²) in [6.45, 7) is 2.64. The second-order valence-corrected chi connectivity index (χ2v) is 2.80. The minimum Gasteiger partial charge on any atom is -0.501 e. The first-order chi connectivity index (χ1) is 4.79. The van der Waals surface area contributed by atoms with Crippen molar-refractivity contribution >= 4 is 0 Å². The van der Waals surface area contributed by atoms with Crippen LogP contribution in [0.15, 0.2) is 11.8 Å². The summed E-state index contributed by atoms with van der Waals surface area (Å²) in [4.78, 5) is 0. The van der Waals surface area contributed by atoms with Gasteiger partial charge in [-0.2, -0.15) is 0 Å². The van der Waals surface area contributed by atoms with E-state index in [2.05, 4.69) is 0 Å². The zero-order chi connectivity index (χ0) is 7.40. The van der Waals surface area contributed by atoms with Gasteiger partial charge in [-0.25, -0.2) is 0 Å². The molecule has 1 aliphatic heterocycles. The van der Waals surface area contributed by atoms with Crippen molar-refractivity contribution in [3.8, 4) is 0 Å². The minimum absolute atomic E-state index is 0.229. The van der Waals surface area contributed by atoms with E-state index in [4.69, 9.17) is 9.84 Å². The highest BCUT2D eigenvalue weighted by Gasteiger charge is 2.06. The van der Waals surface area contributed by atoms with Gasteiger partial charge in [-0.1, -0.05) is 0 Å². The van der Waals surface area contributed by atoms with Crippen LogP contribution in [0.1, 0.15) is 26.2 Å². The summed E-state index contributed by atoms with van der Waals surface area (Å²) < 4.78 is 5.11. The lowest BCUT2D eigenvalue weighted by Gasteiger charge is -2.14. The zero-order valence-electron chi connectivity index (χ0n) is 6.34. The van der Waals surface area contributed by atoms with Gasteiger partial charge in [-0.15, -0.1) is 0 Å². The molecule has 0 fully saturated rings. The largest absolute Gasteiger partial charge is 0.501 e. The van der Waals surface area contributed by atoms with Crippen LogP contribution in [0.4, 0.5) is 0 Å². The third-order valence-corrected chi connectivity index (χ3v) is 1.57. The second-order valence-electron chi connectivity index (χ2n) is 2.80. The Morgan fingerprint density at radius 2 is 2.60 bits per heavy atom. The average molecular weight is 142 g/mol. The molecule has 2 heteroatoms. The number of ether oxygens (including phenoxy) is 1. The van der Waals surface area contributed by atoms with E-state index < -0.39 is 0 Å². The molecule has 0 aliphatic carbocycles. The van der Waals surface area contributed by atoms with Crippen LogP contribution in [-0.4, -0.2) is 17.8 Å². The highest BCUT2D eigenvalue weighted by atomic mass is 16.5. The Morgan fingerprint density at radius 1 is 1.80 bits per heavy atom. The van der Waals surface area contributed by atoms with Gasteiger partial charge in [-0.05, 0) is 31.8 Å². The summed E-state index contributed by atoms with van der Waals surface area (Å²) in [5.41, 5.74) is 1.24. The van der Waals surface area contributed by atoms with E-state index in [1.807, 2.05) is 0 Å². The maximum absolute atomic E-state index is 9.01. The van der Waals surface area contributed by atoms with Crippen molar-refractivity contribution in [1.29, 1.82) is 0 Å². The van der Waals surface area contributed by atoms with Crippen LogP contribution in [0.3, 0.4) is 0 Å². The molecular formula is C8H14O2. The van der Waals surface area contributed by atoms with Crippen LogP contribution in [0.2, 0.25) is 0 Å². The molecule has 0 spiro atoms. The molecule has 0 saturated heterocycles. The maximum Gasteiger partial charge on any atom is 0.0876 e. The monoisotopic (exact) mass is 142 g/mol. The molecule has 0 radical (unpaired) electrons. The summed E-state index contributed by atoms with van der Waals surface area (Å²) in [6.07, 6.45) is 4.51. The van der Waals surface area contributed by atoms with Crippen molar-refractivity contribution < 1.29 is 9.84 Å². The highest BCUT2D eigenvalue weighted by Crippen LogP contribution is 2.16. The lowest BCUT2D eigenvalue weighted by atomic mass is 10.0. The Hall–Kier alpha value is -0.500. The normalized spacial score (nSPS) is 21.2.